The molecule has 4 bridgehead atoms. The van der Waals surface area contributed by atoms with E-state index in [4.69, 9.17) is 9.47 Å². The third-order valence-corrected chi connectivity index (χ3v) is 7.36. The van der Waals surface area contributed by atoms with Crippen molar-refractivity contribution in [3.05, 3.63) is 24.3 Å². The highest BCUT2D eigenvalue weighted by Crippen LogP contribution is 2.57. The van der Waals surface area contributed by atoms with Crippen LogP contribution < -0.4 is 15.0 Å². The number of amides is 2. The Kier molecular flexibility index (Phi) is 4.87. The number of nitrogens with one attached hydrogen (secondary N) is 1. The summed E-state index contributed by atoms with van der Waals surface area (Å²) in [5.74, 6) is 2.93. The molecular weight excluding hydrogens is 368 g/mol. The summed E-state index contributed by atoms with van der Waals surface area (Å²) in [5, 5.41) is 3.25. The molecule has 0 unspecified atom stereocenters. The lowest BCUT2D eigenvalue weighted by molar-refractivity contribution is -0.161. The quantitative estimate of drug-likeness (QED) is 0.565. The molecule has 4 saturated carbocycles. The van der Waals surface area contributed by atoms with E-state index in [1.165, 1.54) is 43.4 Å². The zero-order chi connectivity index (χ0) is 20.0. The number of ether oxygens (including phenoxy) is 2. The van der Waals surface area contributed by atoms with Crippen LogP contribution in [0.25, 0.3) is 0 Å². The van der Waals surface area contributed by atoms with Crippen LogP contribution in [0, 0.1) is 17.8 Å². The molecule has 1 heterocycles. The first-order chi connectivity index (χ1) is 14.0. The molecule has 6 rings (SSSR count). The molecular formula is C23H30N2O4. The minimum Gasteiger partial charge on any atom is -0.497 e. The lowest BCUT2D eigenvalue weighted by Gasteiger charge is -2.56. The maximum absolute atomic E-state index is 12.8. The second-order valence-electron chi connectivity index (χ2n) is 9.43. The second-order valence-corrected chi connectivity index (χ2v) is 9.43. The molecule has 1 atom stereocenters. The molecule has 6 heteroatoms. The Morgan fingerprint density at radius 3 is 2.24 bits per heavy atom. The smallest absolute Gasteiger partial charge is 0.251 e. The van der Waals surface area contributed by atoms with Crippen LogP contribution in [-0.2, 0) is 14.3 Å². The molecule has 29 heavy (non-hydrogen) atoms. The summed E-state index contributed by atoms with van der Waals surface area (Å²) in [6, 6.07) is 6.54. The normalized spacial score (nSPS) is 35.6. The van der Waals surface area contributed by atoms with Gasteiger partial charge in [0, 0.05) is 6.54 Å². The van der Waals surface area contributed by atoms with Gasteiger partial charge in [0.05, 0.1) is 37.5 Å². The maximum Gasteiger partial charge on any atom is 0.251 e. The lowest BCUT2D eigenvalue weighted by atomic mass is 9.54. The molecule has 5 aliphatic rings. The molecule has 1 aromatic rings. The number of carbonyl (C=O) groups excluding carboxylic acids is 2. The fourth-order valence-corrected chi connectivity index (χ4v) is 6.50. The molecule has 5 fully saturated rings. The van der Waals surface area contributed by atoms with Crippen molar-refractivity contribution in [1.29, 1.82) is 0 Å². The molecule has 1 saturated heterocycles. The van der Waals surface area contributed by atoms with Crippen molar-refractivity contribution in [1.82, 2.24) is 5.32 Å². The number of carbonyl (C=O) groups is 2. The first-order valence-corrected chi connectivity index (χ1v) is 10.9. The number of imide groups is 1. The number of anilines is 1. The van der Waals surface area contributed by atoms with Gasteiger partial charge in [-0.2, -0.15) is 0 Å². The number of hydrogen-bond acceptors (Lipinski definition) is 5. The average molecular weight is 399 g/mol. The van der Waals surface area contributed by atoms with Crippen LogP contribution in [0.5, 0.6) is 5.75 Å². The van der Waals surface area contributed by atoms with Gasteiger partial charge in [-0.25, -0.2) is 4.90 Å². The van der Waals surface area contributed by atoms with Gasteiger partial charge in [-0.05, 0) is 80.5 Å². The van der Waals surface area contributed by atoms with E-state index < -0.39 is 6.04 Å². The van der Waals surface area contributed by atoms with Crippen molar-refractivity contribution in [3.63, 3.8) is 0 Å². The van der Waals surface area contributed by atoms with E-state index in [-0.39, 0.29) is 23.8 Å². The Bertz CT molecular complexity index is 755. The van der Waals surface area contributed by atoms with Crippen molar-refractivity contribution < 1.29 is 19.1 Å². The van der Waals surface area contributed by atoms with Gasteiger partial charge >= 0.3 is 0 Å². The molecule has 0 aromatic heterocycles. The van der Waals surface area contributed by atoms with Crippen molar-refractivity contribution in [2.75, 3.05) is 25.2 Å². The predicted octanol–water partition coefficient (Wildman–Crippen LogP) is 2.90. The Balaban J connectivity index is 1.14. The first-order valence-electron chi connectivity index (χ1n) is 10.9. The highest BCUT2D eigenvalue weighted by Gasteiger charge is 2.51. The summed E-state index contributed by atoms with van der Waals surface area (Å²) in [7, 11) is 1.59. The van der Waals surface area contributed by atoms with Crippen molar-refractivity contribution >= 4 is 17.5 Å². The van der Waals surface area contributed by atoms with Gasteiger partial charge in [0.15, 0.2) is 0 Å². The van der Waals surface area contributed by atoms with Crippen LogP contribution in [0.4, 0.5) is 5.69 Å². The van der Waals surface area contributed by atoms with Crippen molar-refractivity contribution in [2.24, 2.45) is 17.8 Å². The highest BCUT2D eigenvalue weighted by molar-refractivity contribution is 6.22. The zero-order valence-electron chi connectivity index (χ0n) is 17.1. The third-order valence-electron chi connectivity index (χ3n) is 7.36. The van der Waals surface area contributed by atoms with Gasteiger partial charge in [0.2, 0.25) is 5.91 Å². The molecule has 1 aliphatic heterocycles. The standard InChI is InChI=1S/C23H30N2O4/c1-28-19-4-2-18(3-5-19)25-21(26)11-20(22(25)27)24-6-7-29-23-12-15-8-16(13-23)10-17(9-15)14-23/h2-5,15-17,20,24H,6-14H2,1H3/t15?,16?,17?,20-,23?/m0/s1. The average Bonchev–Trinajstić information content (AvgIpc) is 2.98. The van der Waals surface area contributed by atoms with Crippen molar-refractivity contribution in [3.8, 4) is 5.75 Å². The topological polar surface area (TPSA) is 67.9 Å². The van der Waals surface area contributed by atoms with Gasteiger partial charge in [-0.15, -0.1) is 0 Å². The van der Waals surface area contributed by atoms with Gasteiger partial charge < -0.3 is 14.8 Å². The van der Waals surface area contributed by atoms with E-state index in [0.29, 0.717) is 24.6 Å². The molecule has 156 valence electrons. The molecule has 1 aromatic carbocycles. The van der Waals surface area contributed by atoms with Crippen LogP contribution in [0.1, 0.15) is 44.9 Å². The monoisotopic (exact) mass is 398 g/mol. The van der Waals surface area contributed by atoms with Crippen LogP contribution in [0.3, 0.4) is 0 Å². The summed E-state index contributed by atoms with van der Waals surface area (Å²) in [4.78, 5) is 26.4. The third kappa shape index (κ3) is 3.57. The Hall–Kier alpha value is -1.92. The lowest BCUT2D eigenvalue weighted by Crippen LogP contribution is -2.52. The molecule has 2 amide bonds. The summed E-state index contributed by atoms with van der Waals surface area (Å²) >= 11 is 0. The first kappa shape index (κ1) is 19.1. The van der Waals surface area contributed by atoms with Gasteiger partial charge in [-0.1, -0.05) is 0 Å². The van der Waals surface area contributed by atoms with E-state index in [9.17, 15) is 9.59 Å². The van der Waals surface area contributed by atoms with Gasteiger partial charge in [-0.3, -0.25) is 9.59 Å². The van der Waals surface area contributed by atoms with E-state index in [0.717, 1.165) is 17.8 Å². The van der Waals surface area contributed by atoms with Crippen LogP contribution in [0.2, 0.25) is 0 Å². The molecule has 0 radical (unpaired) electrons. The highest BCUT2D eigenvalue weighted by atomic mass is 16.5. The fourth-order valence-electron chi connectivity index (χ4n) is 6.50. The predicted molar refractivity (Wildman–Crippen MR) is 109 cm³/mol. The number of rotatable bonds is 7. The summed E-state index contributed by atoms with van der Waals surface area (Å²) in [6.45, 7) is 1.20. The van der Waals surface area contributed by atoms with Crippen LogP contribution in [0.15, 0.2) is 24.3 Å². The molecule has 1 N–H and O–H groups in total. The van der Waals surface area contributed by atoms with E-state index in [1.54, 1.807) is 31.4 Å². The minimum atomic E-state index is -0.468. The van der Waals surface area contributed by atoms with Gasteiger partial charge in [0.25, 0.3) is 5.91 Å². The van der Waals surface area contributed by atoms with E-state index in [1.807, 2.05) is 0 Å². The second kappa shape index (κ2) is 7.40. The zero-order valence-corrected chi connectivity index (χ0v) is 17.1. The number of benzene rings is 1. The summed E-state index contributed by atoms with van der Waals surface area (Å²) in [6.07, 6.45) is 8.05. The molecule has 4 aliphatic carbocycles. The van der Waals surface area contributed by atoms with Crippen LogP contribution >= 0.6 is 0 Å². The number of hydrogen-bond donors (Lipinski definition) is 1. The maximum atomic E-state index is 12.8. The fraction of sp³-hybridized carbons (Fsp3) is 0.652. The SMILES string of the molecule is COc1ccc(N2C(=O)C[C@H](NCCOC34CC5CC(CC(C5)C3)C4)C2=O)cc1. The Morgan fingerprint density at radius 2 is 1.66 bits per heavy atom. The van der Waals surface area contributed by atoms with E-state index >= 15 is 0 Å². The van der Waals surface area contributed by atoms with E-state index in [2.05, 4.69) is 5.32 Å². The Morgan fingerprint density at radius 1 is 1.03 bits per heavy atom. The summed E-state index contributed by atoms with van der Waals surface area (Å²) < 4.78 is 11.6. The minimum absolute atomic E-state index is 0.0844. The largest absolute Gasteiger partial charge is 0.497 e. The van der Waals surface area contributed by atoms with Crippen molar-refractivity contribution in [2.45, 2.75) is 56.6 Å². The number of nitrogens with zero attached hydrogens (tertiary/aromatic N) is 1. The molecule has 0 spiro atoms. The Labute approximate surface area is 171 Å². The number of methoxy groups -OCH3 is 1. The van der Waals surface area contributed by atoms with Crippen LogP contribution in [-0.4, -0.2) is 43.7 Å². The molecule has 6 nitrogen and oxygen atoms in total. The van der Waals surface area contributed by atoms with Gasteiger partial charge in [0.1, 0.15) is 5.75 Å². The summed E-state index contributed by atoms with van der Waals surface area (Å²) in [5.41, 5.74) is 0.677.